The fourth-order valence-corrected chi connectivity index (χ4v) is 1.90. The minimum Gasteiger partial charge on any atom is -0.444 e. The molecule has 1 rings (SSSR count). The lowest BCUT2D eigenvalue weighted by atomic mass is 10.2. The number of carbonyl (C=O) groups excluding carboxylic acids is 1. The summed E-state index contributed by atoms with van der Waals surface area (Å²) in [7, 11) is 1.81. The van der Waals surface area contributed by atoms with E-state index in [1.54, 1.807) is 11.9 Å². The molecule has 0 aromatic heterocycles. The predicted molar refractivity (Wildman–Crippen MR) is 72.8 cm³/mol. The Morgan fingerprint density at radius 1 is 1.39 bits per heavy atom. The van der Waals surface area contributed by atoms with Crippen molar-refractivity contribution in [3.63, 3.8) is 0 Å². The Balaban J connectivity index is 2.39. The quantitative estimate of drug-likeness (QED) is 0.824. The number of nitrogens with zero attached hydrogens (tertiary/aromatic N) is 2. The highest BCUT2D eigenvalue weighted by molar-refractivity contribution is 5.68. The summed E-state index contributed by atoms with van der Waals surface area (Å²) in [5.74, 6) is 0. The molecule has 5 heteroatoms. The second kappa shape index (κ2) is 6.38. The zero-order valence-electron chi connectivity index (χ0n) is 12.3. The first-order valence-electron chi connectivity index (χ1n) is 6.68. The Bertz CT molecular complexity index is 270. The number of likely N-dealkylation sites (N-methyl/N-ethyl adjacent to an activating group) is 1. The van der Waals surface area contributed by atoms with Gasteiger partial charge in [-0.2, -0.15) is 0 Å². The molecule has 0 aromatic rings. The van der Waals surface area contributed by atoms with Gasteiger partial charge in [0.1, 0.15) is 5.60 Å². The van der Waals surface area contributed by atoms with E-state index in [9.17, 15) is 4.79 Å². The van der Waals surface area contributed by atoms with Crippen LogP contribution in [-0.2, 0) is 4.74 Å². The van der Waals surface area contributed by atoms with Gasteiger partial charge in [-0.3, -0.25) is 4.90 Å². The largest absolute Gasteiger partial charge is 0.444 e. The lowest BCUT2D eigenvalue weighted by Crippen LogP contribution is -2.50. The number of piperazine rings is 1. The maximum absolute atomic E-state index is 11.9. The van der Waals surface area contributed by atoms with E-state index in [4.69, 9.17) is 4.74 Å². The third-order valence-corrected chi connectivity index (χ3v) is 3.07. The topological polar surface area (TPSA) is 44.8 Å². The SMILES string of the molecule is CC(CN1CCNCC1)N(C)C(=O)OC(C)(C)C. The fourth-order valence-electron chi connectivity index (χ4n) is 1.90. The molecule has 0 aromatic carbocycles. The summed E-state index contributed by atoms with van der Waals surface area (Å²) < 4.78 is 5.37. The molecule has 1 aliphatic heterocycles. The van der Waals surface area contributed by atoms with Gasteiger partial charge in [-0.1, -0.05) is 0 Å². The highest BCUT2D eigenvalue weighted by Gasteiger charge is 2.24. The number of ether oxygens (including phenoxy) is 1. The Kier molecular flexibility index (Phi) is 5.41. The Labute approximate surface area is 110 Å². The molecule has 1 amide bonds. The van der Waals surface area contributed by atoms with Crippen LogP contribution in [0.5, 0.6) is 0 Å². The van der Waals surface area contributed by atoms with Crippen LogP contribution in [0, 0.1) is 0 Å². The molecule has 0 spiro atoms. The Hall–Kier alpha value is -0.810. The van der Waals surface area contributed by atoms with Crippen LogP contribution in [0.4, 0.5) is 4.79 Å². The number of carbonyl (C=O) groups is 1. The van der Waals surface area contributed by atoms with E-state index in [-0.39, 0.29) is 12.1 Å². The minimum atomic E-state index is -0.430. The van der Waals surface area contributed by atoms with E-state index in [0.717, 1.165) is 32.7 Å². The smallest absolute Gasteiger partial charge is 0.410 e. The van der Waals surface area contributed by atoms with Gasteiger partial charge in [0.15, 0.2) is 0 Å². The van der Waals surface area contributed by atoms with Crippen molar-refractivity contribution < 1.29 is 9.53 Å². The first-order valence-corrected chi connectivity index (χ1v) is 6.68. The summed E-state index contributed by atoms with van der Waals surface area (Å²) >= 11 is 0. The van der Waals surface area contributed by atoms with Gasteiger partial charge >= 0.3 is 6.09 Å². The fraction of sp³-hybridized carbons (Fsp3) is 0.923. The van der Waals surface area contributed by atoms with Crippen molar-refractivity contribution in [1.82, 2.24) is 15.1 Å². The van der Waals surface area contributed by atoms with Gasteiger partial charge in [-0.15, -0.1) is 0 Å². The highest BCUT2D eigenvalue weighted by Crippen LogP contribution is 2.11. The Morgan fingerprint density at radius 3 is 2.44 bits per heavy atom. The Morgan fingerprint density at radius 2 is 1.94 bits per heavy atom. The molecule has 1 saturated heterocycles. The maximum atomic E-state index is 11.9. The molecular formula is C13H27N3O2. The van der Waals surface area contributed by atoms with Gasteiger partial charge < -0.3 is 15.0 Å². The van der Waals surface area contributed by atoms with Crippen molar-refractivity contribution in [2.75, 3.05) is 39.8 Å². The summed E-state index contributed by atoms with van der Waals surface area (Å²) in [6.07, 6.45) is -0.245. The lowest BCUT2D eigenvalue weighted by Gasteiger charge is -2.34. The molecule has 1 heterocycles. The monoisotopic (exact) mass is 257 g/mol. The van der Waals surface area contributed by atoms with E-state index in [1.165, 1.54) is 0 Å². The summed E-state index contributed by atoms with van der Waals surface area (Å²) in [6.45, 7) is 12.8. The van der Waals surface area contributed by atoms with Gasteiger partial charge in [-0.25, -0.2) is 4.79 Å². The molecule has 106 valence electrons. The van der Waals surface area contributed by atoms with Crippen LogP contribution in [0.15, 0.2) is 0 Å². The van der Waals surface area contributed by atoms with E-state index in [1.807, 2.05) is 20.8 Å². The molecule has 0 aliphatic carbocycles. The average Bonchev–Trinajstić information content (AvgIpc) is 2.27. The molecular weight excluding hydrogens is 230 g/mol. The predicted octanol–water partition coefficient (Wildman–Crippen LogP) is 1.15. The molecule has 18 heavy (non-hydrogen) atoms. The molecule has 1 aliphatic rings. The molecule has 1 unspecified atom stereocenters. The van der Waals surface area contributed by atoms with Gasteiger partial charge in [0.2, 0.25) is 0 Å². The van der Waals surface area contributed by atoms with Crippen LogP contribution in [0.3, 0.4) is 0 Å². The van der Waals surface area contributed by atoms with Crippen LogP contribution in [0.2, 0.25) is 0 Å². The van der Waals surface area contributed by atoms with Crippen molar-refractivity contribution >= 4 is 6.09 Å². The van der Waals surface area contributed by atoms with Crippen LogP contribution in [0.1, 0.15) is 27.7 Å². The molecule has 1 N–H and O–H groups in total. The van der Waals surface area contributed by atoms with Gasteiger partial charge in [0, 0.05) is 45.8 Å². The summed E-state index contributed by atoms with van der Waals surface area (Å²) in [4.78, 5) is 16.0. The zero-order valence-corrected chi connectivity index (χ0v) is 12.3. The molecule has 1 atom stereocenters. The van der Waals surface area contributed by atoms with Gasteiger partial charge in [-0.05, 0) is 27.7 Å². The van der Waals surface area contributed by atoms with Crippen LogP contribution >= 0.6 is 0 Å². The second-order valence-corrected chi connectivity index (χ2v) is 5.99. The molecule has 1 fully saturated rings. The standard InChI is InChI=1S/C13H27N3O2/c1-11(10-16-8-6-14-7-9-16)15(5)12(17)18-13(2,3)4/h11,14H,6-10H2,1-5H3. The van der Waals surface area contributed by atoms with E-state index >= 15 is 0 Å². The molecule has 0 saturated carbocycles. The summed E-state index contributed by atoms with van der Waals surface area (Å²) in [5.41, 5.74) is -0.430. The first-order chi connectivity index (χ1) is 8.29. The van der Waals surface area contributed by atoms with Gasteiger partial charge in [0.25, 0.3) is 0 Å². The van der Waals surface area contributed by atoms with Crippen LogP contribution in [0.25, 0.3) is 0 Å². The van der Waals surface area contributed by atoms with Crippen molar-refractivity contribution in [3.8, 4) is 0 Å². The summed E-state index contributed by atoms with van der Waals surface area (Å²) in [5, 5.41) is 3.32. The normalized spacial score (nSPS) is 19.4. The van der Waals surface area contributed by atoms with E-state index in [2.05, 4.69) is 17.1 Å². The van der Waals surface area contributed by atoms with Crippen molar-refractivity contribution in [1.29, 1.82) is 0 Å². The lowest BCUT2D eigenvalue weighted by molar-refractivity contribution is 0.0201. The number of rotatable bonds is 3. The number of hydrogen-bond donors (Lipinski definition) is 1. The van der Waals surface area contributed by atoms with E-state index < -0.39 is 5.60 Å². The maximum Gasteiger partial charge on any atom is 0.410 e. The minimum absolute atomic E-state index is 0.165. The molecule has 0 bridgehead atoms. The number of nitrogens with one attached hydrogen (secondary N) is 1. The number of hydrogen-bond acceptors (Lipinski definition) is 4. The third-order valence-electron chi connectivity index (χ3n) is 3.07. The van der Waals surface area contributed by atoms with Crippen LogP contribution < -0.4 is 5.32 Å². The van der Waals surface area contributed by atoms with Gasteiger partial charge in [0.05, 0.1) is 0 Å². The number of amides is 1. The second-order valence-electron chi connectivity index (χ2n) is 5.99. The third kappa shape index (κ3) is 5.23. The average molecular weight is 257 g/mol. The van der Waals surface area contributed by atoms with Crippen molar-refractivity contribution in [3.05, 3.63) is 0 Å². The summed E-state index contributed by atoms with van der Waals surface area (Å²) in [6, 6.07) is 0.165. The molecule has 5 nitrogen and oxygen atoms in total. The van der Waals surface area contributed by atoms with Crippen molar-refractivity contribution in [2.45, 2.75) is 39.3 Å². The van der Waals surface area contributed by atoms with E-state index in [0.29, 0.717) is 0 Å². The first kappa shape index (κ1) is 15.2. The zero-order chi connectivity index (χ0) is 13.8. The highest BCUT2D eigenvalue weighted by atomic mass is 16.6. The van der Waals surface area contributed by atoms with Crippen LogP contribution in [-0.4, -0.2) is 67.3 Å². The molecule has 0 radical (unpaired) electrons. The van der Waals surface area contributed by atoms with Crippen molar-refractivity contribution in [2.24, 2.45) is 0 Å².